The second-order valence-electron chi connectivity index (χ2n) is 6.29. The predicted octanol–water partition coefficient (Wildman–Crippen LogP) is 5.24. The molecule has 30 heavy (non-hydrogen) atoms. The van der Waals surface area contributed by atoms with Crippen molar-refractivity contribution >= 4 is 34.2 Å². The molecule has 7 nitrogen and oxygen atoms in total. The molecule has 0 amide bonds. The molecule has 0 saturated heterocycles. The number of halogens is 1. The van der Waals surface area contributed by atoms with Crippen LogP contribution in [0.2, 0.25) is 5.02 Å². The summed E-state index contributed by atoms with van der Waals surface area (Å²) in [6.45, 7) is 0. The van der Waals surface area contributed by atoms with Crippen LogP contribution in [0.5, 0.6) is 5.75 Å². The number of fused-ring (bicyclic) bond motifs is 1. The maximum Gasteiger partial charge on any atom is 0.343 e. The van der Waals surface area contributed by atoms with Gasteiger partial charge in [0.05, 0.1) is 15.9 Å². The highest BCUT2D eigenvalue weighted by atomic mass is 35.5. The molecule has 4 rings (SSSR count). The lowest BCUT2D eigenvalue weighted by molar-refractivity contribution is -0.384. The third-order valence-corrected chi connectivity index (χ3v) is 4.59. The number of benzene rings is 3. The van der Waals surface area contributed by atoms with Crippen molar-refractivity contribution in [2.24, 2.45) is 0 Å². The molecule has 0 spiro atoms. The van der Waals surface area contributed by atoms with Gasteiger partial charge in [0, 0.05) is 22.7 Å². The van der Waals surface area contributed by atoms with Gasteiger partial charge in [-0.1, -0.05) is 41.9 Å². The van der Waals surface area contributed by atoms with E-state index in [1.807, 2.05) is 0 Å². The molecule has 8 heteroatoms. The van der Waals surface area contributed by atoms with Crippen LogP contribution in [-0.2, 0) is 0 Å². The van der Waals surface area contributed by atoms with Crippen molar-refractivity contribution in [3.8, 4) is 17.1 Å². The summed E-state index contributed by atoms with van der Waals surface area (Å²) in [6.07, 6.45) is 0. The summed E-state index contributed by atoms with van der Waals surface area (Å²) >= 11 is 6.00. The Bertz CT molecular complexity index is 1330. The molecule has 0 aliphatic rings. The molecule has 0 unspecified atom stereocenters. The fourth-order valence-electron chi connectivity index (χ4n) is 2.89. The number of nitrogens with zero attached hydrogens (tertiary/aromatic N) is 1. The van der Waals surface area contributed by atoms with Crippen molar-refractivity contribution in [2.75, 3.05) is 0 Å². The normalized spacial score (nSPS) is 10.7. The van der Waals surface area contributed by atoms with E-state index < -0.39 is 16.3 Å². The van der Waals surface area contributed by atoms with Crippen LogP contribution in [0.25, 0.3) is 22.3 Å². The molecule has 1 heterocycles. The highest BCUT2D eigenvalue weighted by Gasteiger charge is 2.22. The molecular formula is C22H12ClNO6. The van der Waals surface area contributed by atoms with Crippen LogP contribution in [0, 0.1) is 10.1 Å². The maximum absolute atomic E-state index is 13.1. The van der Waals surface area contributed by atoms with Crippen molar-refractivity contribution < 1.29 is 18.9 Å². The number of hydrogen-bond donors (Lipinski definition) is 0. The van der Waals surface area contributed by atoms with Gasteiger partial charge >= 0.3 is 5.97 Å². The Morgan fingerprint density at radius 3 is 2.37 bits per heavy atom. The van der Waals surface area contributed by atoms with Crippen LogP contribution >= 0.6 is 11.6 Å². The Hall–Kier alpha value is -3.97. The zero-order valence-electron chi connectivity index (χ0n) is 15.2. The largest absolute Gasteiger partial charge is 0.452 e. The first-order chi connectivity index (χ1) is 14.4. The Kier molecular flexibility index (Phi) is 5.04. The van der Waals surface area contributed by atoms with Gasteiger partial charge in [-0.15, -0.1) is 0 Å². The fourth-order valence-corrected chi connectivity index (χ4v) is 3.07. The van der Waals surface area contributed by atoms with E-state index in [2.05, 4.69) is 0 Å². The summed E-state index contributed by atoms with van der Waals surface area (Å²) in [5.74, 6) is -1.05. The van der Waals surface area contributed by atoms with E-state index in [0.29, 0.717) is 16.2 Å². The second kappa shape index (κ2) is 7.81. The number of hydrogen-bond acceptors (Lipinski definition) is 6. The van der Waals surface area contributed by atoms with Crippen LogP contribution in [0.1, 0.15) is 10.4 Å². The average Bonchev–Trinajstić information content (AvgIpc) is 2.76. The first kappa shape index (κ1) is 19.4. The standard InChI is InChI=1S/C22H12ClNO6/c23-15-8-11-18-17(12-15)19(25)21(20(29-18)13-4-2-1-3-5-13)30-22(26)14-6-9-16(10-7-14)24(27)28/h1-12H. The van der Waals surface area contributed by atoms with Crippen LogP contribution < -0.4 is 10.2 Å². The zero-order valence-corrected chi connectivity index (χ0v) is 16.0. The van der Waals surface area contributed by atoms with E-state index in [9.17, 15) is 19.7 Å². The van der Waals surface area contributed by atoms with Gasteiger partial charge in [-0.25, -0.2) is 4.79 Å². The molecule has 0 saturated carbocycles. The maximum atomic E-state index is 13.1. The minimum atomic E-state index is -0.851. The molecule has 0 bridgehead atoms. The molecule has 0 aliphatic heterocycles. The molecule has 0 radical (unpaired) electrons. The number of non-ortho nitro benzene ring substituents is 1. The van der Waals surface area contributed by atoms with Crippen LogP contribution in [0.15, 0.2) is 82.0 Å². The van der Waals surface area contributed by atoms with E-state index >= 15 is 0 Å². The van der Waals surface area contributed by atoms with Crippen LogP contribution in [-0.4, -0.2) is 10.9 Å². The van der Waals surface area contributed by atoms with E-state index in [1.165, 1.54) is 30.3 Å². The topological polar surface area (TPSA) is 99.7 Å². The second-order valence-corrected chi connectivity index (χ2v) is 6.73. The lowest BCUT2D eigenvalue weighted by Crippen LogP contribution is -2.16. The average molecular weight is 422 g/mol. The SMILES string of the molecule is O=C(Oc1c(-c2ccccc2)oc2ccc(Cl)cc2c1=O)c1ccc([N+](=O)[O-])cc1. The molecule has 148 valence electrons. The molecule has 0 fully saturated rings. The number of carbonyl (C=O) groups excluding carboxylic acids is 1. The van der Waals surface area contributed by atoms with Gasteiger partial charge in [0.25, 0.3) is 5.69 Å². The van der Waals surface area contributed by atoms with Gasteiger partial charge in [-0.2, -0.15) is 0 Å². The molecule has 0 N–H and O–H groups in total. The molecule has 4 aromatic rings. The molecule has 3 aromatic carbocycles. The zero-order chi connectivity index (χ0) is 21.3. The highest BCUT2D eigenvalue weighted by molar-refractivity contribution is 6.31. The third-order valence-electron chi connectivity index (χ3n) is 4.36. The van der Waals surface area contributed by atoms with Gasteiger partial charge in [0.2, 0.25) is 11.2 Å². The quantitative estimate of drug-likeness (QED) is 0.254. The van der Waals surface area contributed by atoms with Crippen molar-refractivity contribution in [1.29, 1.82) is 0 Å². The first-order valence-electron chi connectivity index (χ1n) is 8.72. The van der Waals surface area contributed by atoms with E-state index in [-0.39, 0.29) is 28.1 Å². The highest BCUT2D eigenvalue weighted by Crippen LogP contribution is 2.32. The smallest absolute Gasteiger partial charge is 0.343 e. The molecule has 0 atom stereocenters. The number of rotatable bonds is 4. The van der Waals surface area contributed by atoms with Gasteiger partial charge < -0.3 is 9.15 Å². The van der Waals surface area contributed by atoms with E-state index in [4.69, 9.17) is 20.8 Å². The minimum Gasteiger partial charge on any atom is -0.452 e. The predicted molar refractivity (Wildman–Crippen MR) is 111 cm³/mol. The Balaban J connectivity index is 1.83. The third kappa shape index (κ3) is 3.66. The monoisotopic (exact) mass is 421 g/mol. The molecule has 1 aromatic heterocycles. The van der Waals surface area contributed by atoms with E-state index in [1.54, 1.807) is 42.5 Å². The summed E-state index contributed by atoms with van der Waals surface area (Å²) in [5.41, 5.74) is 0.144. The van der Waals surface area contributed by atoms with Gasteiger partial charge in [-0.05, 0) is 30.3 Å². The van der Waals surface area contributed by atoms with Crippen molar-refractivity contribution in [3.05, 3.63) is 104 Å². The fraction of sp³-hybridized carbons (Fsp3) is 0. The minimum absolute atomic E-state index is 0.0465. The summed E-state index contributed by atoms with van der Waals surface area (Å²) in [4.78, 5) is 36.0. The number of nitro groups is 1. The van der Waals surface area contributed by atoms with Gasteiger partial charge in [0.15, 0.2) is 5.76 Å². The van der Waals surface area contributed by atoms with Crippen molar-refractivity contribution in [3.63, 3.8) is 0 Å². The Labute approximate surface area is 174 Å². The van der Waals surface area contributed by atoms with E-state index in [0.717, 1.165) is 0 Å². The van der Waals surface area contributed by atoms with Crippen LogP contribution in [0.4, 0.5) is 5.69 Å². The van der Waals surface area contributed by atoms with Gasteiger partial charge in [0.1, 0.15) is 5.58 Å². The van der Waals surface area contributed by atoms with Crippen molar-refractivity contribution in [2.45, 2.75) is 0 Å². The lowest BCUT2D eigenvalue weighted by Gasteiger charge is -2.11. The summed E-state index contributed by atoms with van der Waals surface area (Å²) in [7, 11) is 0. The summed E-state index contributed by atoms with van der Waals surface area (Å²) < 4.78 is 11.3. The van der Waals surface area contributed by atoms with Crippen molar-refractivity contribution in [1.82, 2.24) is 0 Å². The number of esters is 1. The van der Waals surface area contributed by atoms with Crippen LogP contribution in [0.3, 0.4) is 0 Å². The summed E-state index contributed by atoms with van der Waals surface area (Å²) in [6, 6.07) is 18.2. The number of nitro benzene ring substituents is 1. The Morgan fingerprint density at radius 2 is 1.70 bits per heavy atom. The Morgan fingerprint density at radius 1 is 1.00 bits per heavy atom. The first-order valence-corrected chi connectivity index (χ1v) is 9.10. The van der Waals surface area contributed by atoms with Gasteiger partial charge in [-0.3, -0.25) is 14.9 Å². The number of ether oxygens (including phenoxy) is 1. The molecule has 0 aliphatic carbocycles. The molecular weight excluding hydrogens is 410 g/mol. The summed E-state index contributed by atoms with van der Waals surface area (Å²) in [5, 5.41) is 11.3. The lowest BCUT2D eigenvalue weighted by atomic mass is 10.1. The number of carbonyl (C=O) groups is 1.